The first-order chi connectivity index (χ1) is 17.5. The van der Waals surface area contributed by atoms with Crippen molar-refractivity contribution in [3.8, 4) is 0 Å². The van der Waals surface area contributed by atoms with E-state index in [0.29, 0.717) is 35.7 Å². The SMILES string of the molecule is CCc1cc(C2OC(n3cnc4c(NCc5cccc6ccccc56)nc(Cl)nc43)C(O)C2O)on1. The summed E-state index contributed by atoms with van der Waals surface area (Å²) in [5, 5.41) is 31.0. The van der Waals surface area contributed by atoms with Crippen molar-refractivity contribution in [2.24, 2.45) is 0 Å². The van der Waals surface area contributed by atoms with Crippen molar-refractivity contribution in [2.75, 3.05) is 5.32 Å². The highest BCUT2D eigenvalue weighted by Crippen LogP contribution is 2.40. The second kappa shape index (κ2) is 9.14. The smallest absolute Gasteiger partial charge is 0.226 e. The molecule has 0 aliphatic carbocycles. The largest absolute Gasteiger partial charge is 0.387 e. The fourth-order valence-electron chi connectivity index (χ4n) is 4.58. The van der Waals surface area contributed by atoms with E-state index in [2.05, 4.69) is 43.6 Å². The van der Waals surface area contributed by atoms with Gasteiger partial charge in [0.05, 0.1) is 12.0 Å². The van der Waals surface area contributed by atoms with Crippen LogP contribution in [0.1, 0.15) is 36.3 Å². The van der Waals surface area contributed by atoms with Gasteiger partial charge in [0.1, 0.15) is 18.3 Å². The van der Waals surface area contributed by atoms with Crippen LogP contribution in [0, 0.1) is 0 Å². The summed E-state index contributed by atoms with van der Waals surface area (Å²) in [6.07, 6.45) is -2.19. The quantitative estimate of drug-likeness (QED) is 0.294. The summed E-state index contributed by atoms with van der Waals surface area (Å²) >= 11 is 6.27. The van der Waals surface area contributed by atoms with Crippen molar-refractivity contribution in [1.82, 2.24) is 24.7 Å². The number of nitrogens with one attached hydrogen (secondary N) is 1. The average molecular weight is 507 g/mol. The molecule has 36 heavy (non-hydrogen) atoms. The number of aromatic nitrogens is 5. The average Bonchev–Trinajstić information content (AvgIpc) is 3.61. The summed E-state index contributed by atoms with van der Waals surface area (Å²) in [4.78, 5) is 13.1. The molecule has 5 aromatic rings. The van der Waals surface area contributed by atoms with Crippen LogP contribution in [0.5, 0.6) is 0 Å². The van der Waals surface area contributed by atoms with Gasteiger partial charge in [-0.25, -0.2) is 4.98 Å². The molecular weight excluding hydrogens is 484 g/mol. The minimum atomic E-state index is -1.26. The molecule has 0 radical (unpaired) electrons. The van der Waals surface area contributed by atoms with Crippen LogP contribution >= 0.6 is 11.6 Å². The highest BCUT2D eigenvalue weighted by atomic mass is 35.5. The lowest BCUT2D eigenvalue weighted by Crippen LogP contribution is -2.28. The van der Waals surface area contributed by atoms with Crippen LogP contribution in [0.15, 0.2) is 59.4 Å². The zero-order valence-electron chi connectivity index (χ0n) is 19.2. The molecule has 10 nitrogen and oxygen atoms in total. The topological polar surface area (TPSA) is 131 Å². The molecule has 3 aromatic heterocycles. The molecule has 1 aliphatic heterocycles. The molecule has 2 aromatic carbocycles. The van der Waals surface area contributed by atoms with Crippen LogP contribution in [0.2, 0.25) is 5.28 Å². The summed E-state index contributed by atoms with van der Waals surface area (Å²) < 4.78 is 12.9. The normalized spacial score (nSPS) is 22.0. The maximum absolute atomic E-state index is 10.8. The number of halogens is 1. The van der Waals surface area contributed by atoms with E-state index in [1.54, 1.807) is 6.07 Å². The number of aliphatic hydroxyl groups excluding tert-OH is 2. The zero-order valence-corrected chi connectivity index (χ0v) is 20.0. The van der Waals surface area contributed by atoms with Crippen molar-refractivity contribution in [1.29, 1.82) is 0 Å². The number of imidazole rings is 1. The maximum atomic E-state index is 10.8. The summed E-state index contributed by atoms with van der Waals surface area (Å²) in [5.74, 6) is 0.791. The van der Waals surface area contributed by atoms with Gasteiger partial charge in [0, 0.05) is 12.6 Å². The first-order valence-electron chi connectivity index (χ1n) is 11.6. The van der Waals surface area contributed by atoms with E-state index in [-0.39, 0.29) is 5.28 Å². The van der Waals surface area contributed by atoms with Gasteiger partial charge in [-0.2, -0.15) is 9.97 Å². The number of rotatable bonds is 6. The lowest BCUT2D eigenvalue weighted by Gasteiger charge is -2.16. The number of benzene rings is 2. The Morgan fingerprint density at radius 3 is 2.75 bits per heavy atom. The number of fused-ring (bicyclic) bond motifs is 2. The maximum Gasteiger partial charge on any atom is 0.226 e. The minimum Gasteiger partial charge on any atom is -0.387 e. The summed E-state index contributed by atoms with van der Waals surface area (Å²) in [6.45, 7) is 2.43. The molecule has 4 heterocycles. The molecule has 0 amide bonds. The highest BCUT2D eigenvalue weighted by Gasteiger charge is 2.47. The van der Waals surface area contributed by atoms with Gasteiger partial charge in [-0.1, -0.05) is 54.5 Å². The van der Waals surface area contributed by atoms with Crippen LogP contribution in [-0.2, 0) is 17.7 Å². The third-order valence-corrected chi connectivity index (χ3v) is 6.62. The van der Waals surface area contributed by atoms with Gasteiger partial charge < -0.3 is 24.8 Å². The Bertz CT molecular complexity index is 1550. The number of aryl methyl sites for hydroxylation is 1. The summed E-state index contributed by atoms with van der Waals surface area (Å²) in [5.41, 5.74) is 2.64. The number of ether oxygens (including phenoxy) is 1. The third kappa shape index (κ3) is 3.88. The molecule has 4 atom stereocenters. The van der Waals surface area contributed by atoms with Gasteiger partial charge in [-0.3, -0.25) is 4.57 Å². The van der Waals surface area contributed by atoms with Gasteiger partial charge in [0.2, 0.25) is 5.28 Å². The van der Waals surface area contributed by atoms with Crippen molar-refractivity contribution >= 4 is 39.4 Å². The highest BCUT2D eigenvalue weighted by molar-refractivity contribution is 6.28. The van der Waals surface area contributed by atoms with Crippen LogP contribution in [0.25, 0.3) is 21.9 Å². The molecule has 4 unspecified atom stereocenters. The predicted molar refractivity (Wildman–Crippen MR) is 132 cm³/mol. The van der Waals surface area contributed by atoms with Crippen molar-refractivity contribution in [2.45, 2.75) is 44.4 Å². The minimum absolute atomic E-state index is 0.0112. The second-order valence-corrected chi connectivity index (χ2v) is 9.00. The molecule has 184 valence electrons. The van der Waals surface area contributed by atoms with Gasteiger partial charge in [0.25, 0.3) is 0 Å². The number of hydrogen-bond donors (Lipinski definition) is 3. The van der Waals surface area contributed by atoms with E-state index < -0.39 is 24.5 Å². The molecule has 3 N–H and O–H groups in total. The first-order valence-corrected chi connectivity index (χ1v) is 12.0. The Morgan fingerprint density at radius 1 is 1.08 bits per heavy atom. The first kappa shape index (κ1) is 22.9. The van der Waals surface area contributed by atoms with E-state index >= 15 is 0 Å². The van der Waals surface area contributed by atoms with E-state index in [0.717, 1.165) is 22.0 Å². The van der Waals surface area contributed by atoms with Crippen LogP contribution < -0.4 is 5.32 Å². The van der Waals surface area contributed by atoms with Gasteiger partial charge >= 0.3 is 0 Å². The Kier molecular flexibility index (Phi) is 5.81. The second-order valence-electron chi connectivity index (χ2n) is 8.66. The Hall–Kier alpha value is -3.57. The molecular formula is C25H23ClN6O4. The number of anilines is 1. The van der Waals surface area contributed by atoms with Crippen LogP contribution in [-0.4, -0.2) is 47.1 Å². The molecule has 0 saturated carbocycles. The molecule has 1 fully saturated rings. The monoisotopic (exact) mass is 506 g/mol. The number of hydrogen-bond acceptors (Lipinski definition) is 9. The molecule has 11 heteroatoms. The number of aliphatic hydroxyl groups is 2. The molecule has 6 rings (SSSR count). The van der Waals surface area contributed by atoms with Crippen molar-refractivity contribution in [3.05, 3.63) is 77.2 Å². The predicted octanol–water partition coefficient (Wildman–Crippen LogP) is 3.79. The van der Waals surface area contributed by atoms with Gasteiger partial charge in [-0.15, -0.1) is 0 Å². The van der Waals surface area contributed by atoms with E-state index in [1.807, 2.05) is 31.2 Å². The van der Waals surface area contributed by atoms with Crippen molar-refractivity contribution in [3.63, 3.8) is 0 Å². The molecule has 1 aliphatic rings. The Morgan fingerprint density at radius 2 is 1.92 bits per heavy atom. The molecule has 0 spiro atoms. The zero-order chi connectivity index (χ0) is 24.8. The molecule has 1 saturated heterocycles. The standard InChI is InChI=1S/C25H23ClN6O4/c1-2-15-10-17(36-31-15)21-19(33)20(34)24(35-21)32-12-28-18-22(29-25(26)30-23(18)32)27-11-14-8-5-7-13-6-3-4-9-16(13)14/h3-10,12,19-21,24,33-34H,2,11H2,1H3,(H,27,29,30). The van der Waals surface area contributed by atoms with Crippen LogP contribution in [0.3, 0.4) is 0 Å². The van der Waals surface area contributed by atoms with Gasteiger partial charge in [-0.05, 0) is 34.4 Å². The Balaban J connectivity index is 1.31. The lowest BCUT2D eigenvalue weighted by atomic mass is 10.0. The Labute approximate surface area is 210 Å². The molecule has 0 bridgehead atoms. The van der Waals surface area contributed by atoms with E-state index in [4.69, 9.17) is 20.9 Å². The van der Waals surface area contributed by atoms with Gasteiger partial charge in [0.15, 0.2) is 29.0 Å². The third-order valence-electron chi connectivity index (χ3n) is 6.45. The summed E-state index contributed by atoms with van der Waals surface area (Å²) in [6, 6.07) is 16.0. The summed E-state index contributed by atoms with van der Waals surface area (Å²) in [7, 11) is 0. The van der Waals surface area contributed by atoms with Crippen LogP contribution in [0.4, 0.5) is 5.82 Å². The van der Waals surface area contributed by atoms with E-state index in [1.165, 1.54) is 10.9 Å². The number of nitrogens with zero attached hydrogens (tertiary/aromatic N) is 5. The van der Waals surface area contributed by atoms with Crippen molar-refractivity contribution < 1.29 is 19.5 Å². The fraction of sp³-hybridized carbons (Fsp3) is 0.280. The fourth-order valence-corrected chi connectivity index (χ4v) is 4.74. The van der Waals surface area contributed by atoms with E-state index in [9.17, 15) is 10.2 Å². The lowest BCUT2D eigenvalue weighted by molar-refractivity contribution is -0.0434.